The van der Waals surface area contributed by atoms with Crippen LogP contribution in [-0.2, 0) is 14.3 Å². The van der Waals surface area contributed by atoms with Crippen molar-refractivity contribution in [1.82, 2.24) is 0 Å². The second-order valence-corrected chi connectivity index (χ2v) is 7.21. The first-order valence-corrected chi connectivity index (χ1v) is 9.51. The zero-order valence-corrected chi connectivity index (χ0v) is 16.6. The first-order chi connectivity index (χ1) is 12.8. The number of ether oxygens (including phenoxy) is 2. The van der Waals surface area contributed by atoms with Gasteiger partial charge in [0.2, 0.25) is 0 Å². The van der Waals surface area contributed by atoms with Gasteiger partial charge in [-0.1, -0.05) is 28.1 Å². The van der Waals surface area contributed by atoms with Crippen molar-refractivity contribution in [1.29, 1.82) is 0 Å². The lowest BCUT2D eigenvalue weighted by Gasteiger charge is -2.12. The lowest BCUT2D eigenvalue weighted by molar-refractivity contribution is -0.144. The maximum absolute atomic E-state index is 12.4. The third kappa shape index (κ3) is 7.18. The third-order valence-corrected chi connectivity index (χ3v) is 4.87. The molecule has 0 unspecified atom stereocenters. The van der Waals surface area contributed by atoms with Crippen LogP contribution in [0.15, 0.2) is 51.8 Å². The Kier molecular flexibility index (Phi) is 8.05. The van der Waals surface area contributed by atoms with E-state index in [1.807, 2.05) is 25.1 Å². The van der Waals surface area contributed by atoms with E-state index in [-0.39, 0.29) is 17.2 Å². The summed E-state index contributed by atoms with van der Waals surface area (Å²) in [6, 6.07) is 11.4. The van der Waals surface area contributed by atoms with E-state index in [1.165, 1.54) is 30.0 Å². The highest BCUT2D eigenvalue weighted by Crippen LogP contribution is 2.26. The first-order valence-electron chi connectivity index (χ1n) is 7.73. The Morgan fingerprint density at radius 3 is 2.67 bits per heavy atom. The number of nitrogens with one attached hydrogen (secondary N) is 1. The van der Waals surface area contributed by atoms with Crippen LogP contribution >= 0.6 is 27.7 Å². The molecule has 2 aromatic carbocycles. The molecular formula is C18H16BrF2NO4S. The van der Waals surface area contributed by atoms with Crippen molar-refractivity contribution < 1.29 is 27.8 Å². The Labute approximate surface area is 167 Å². The van der Waals surface area contributed by atoms with Crippen molar-refractivity contribution in [3.8, 4) is 5.75 Å². The summed E-state index contributed by atoms with van der Waals surface area (Å²) in [5, 5.41) is 2.37. The molecule has 0 spiro atoms. The molecule has 0 aliphatic carbocycles. The molecule has 0 atom stereocenters. The summed E-state index contributed by atoms with van der Waals surface area (Å²) < 4.78 is 34.9. The van der Waals surface area contributed by atoms with E-state index in [0.29, 0.717) is 0 Å². The number of alkyl halides is 2. The number of benzene rings is 2. The van der Waals surface area contributed by atoms with Crippen LogP contribution in [0, 0.1) is 6.92 Å². The number of carbonyl (C=O) groups excluding carboxylic acids is 2. The minimum atomic E-state index is -3.01. The Bertz CT molecular complexity index is 820. The van der Waals surface area contributed by atoms with Gasteiger partial charge in [0.05, 0.1) is 11.4 Å². The predicted octanol–water partition coefficient (Wildman–Crippen LogP) is 4.63. The number of halogens is 3. The zero-order chi connectivity index (χ0) is 19.8. The van der Waals surface area contributed by atoms with Gasteiger partial charge in [0.25, 0.3) is 5.91 Å². The van der Waals surface area contributed by atoms with Crippen molar-refractivity contribution in [2.75, 3.05) is 17.7 Å². The molecule has 0 bridgehead atoms. The van der Waals surface area contributed by atoms with Gasteiger partial charge in [-0.3, -0.25) is 9.59 Å². The number of para-hydroxylation sites is 2. The van der Waals surface area contributed by atoms with Gasteiger partial charge in [-0.05, 0) is 42.8 Å². The summed E-state index contributed by atoms with van der Waals surface area (Å²) >= 11 is 4.66. The summed E-state index contributed by atoms with van der Waals surface area (Å²) in [6.07, 6.45) is 0. The van der Waals surface area contributed by atoms with Crippen molar-refractivity contribution in [3.63, 3.8) is 0 Å². The highest BCUT2D eigenvalue weighted by atomic mass is 79.9. The molecule has 0 saturated heterocycles. The van der Waals surface area contributed by atoms with Gasteiger partial charge >= 0.3 is 12.6 Å². The Morgan fingerprint density at radius 2 is 1.96 bits per heavy atom. The van der Waals surface area contributed by atoms with Gasteiger partial charge in [-0.2, -0.15) is 8.78 Å². The molecule has 9 heteroatoms. The molecule has 27 heavy (non-hydrogen) atoms. The fourth-order valence-corrected chi connectivity index (χ4v) is 3.34. The number of hydrogen-bond donors (Lipinski definition) is 1. The minimum absolute atomic E-state index is 0.0425. The van der Waals surface area contributed by atoms with Crippen LogP contribution in [0.2, 0.25) is 0 Å². The van der Waals surface area contributed by atoms with Gasteiger partial charge in [-0.15, -0.1) is 11.8 Å². The quantitative estimate of drug-likeness (QED) is 0.460. The number of esters is 1. The second kappa shape index (κ2) is 10.3. The fourth-order valence-electron chi connectivity index (χ4n) is 2.05. The smallest absolute Gasteiger partial charge is 0.387 e. The van der Waals surface area contributed by atoms with E-state index in [0.717, 1.165) is 14.9 Å². The fraction of sp³-hybridized carbons (Fsp3) is 0.222. The number of rotatable bonds is 8. The summed E-state index contributed by atoms with van der Waals surface area (Å²) in [7, 11) is 0. The van der Waals surface area contributed by atoms with Crippen molar-refractivity contribution in [3.05, 3.63) is 52.5 Å². The normalized spacial score (nSPS) is 10.6. The number of amides is 1. The van der Waals surface area contributed by atoms with Gasteiger partial charge in [0.1, 0.15) is 5.75 Å². The zero-order valence-electron chi connectivity index (χ0n) is 14.2. The maximum atomic E-state index is 12.4. The van der Waals surface area contributed by atoms with E-state index in [2.05, 4.69) is 26.0 Å². The Hall–Kier alpha value is -2.13. The average molecular weight is 460 g/mol. The van der Waals surface area contributed by atoms with E-state index in [1.54, 1.807) is 6.07 Å². The highest BCUT2D eigenvalue weighted by Gasteiger charge is 2.13. The number of carbonyl (C=O) groups is 2. The average Bonchev–Trinajstić information content (AvgIpc) is 2.60. The van der Waals surface area contributed by atoms with Crippen LogP contribution in [0.1, 0.15) is 5.56 Å². The molecule has 2 aromatic rings. The van der Waals surface area contributed by atoms with E-state index in [4.69, 9.17) is 4.74 Å². The van der Waals surface area contributed by atoms with Gasteiger partial charge in [0.15, 0.2) is 6.61 Å². The van der Waals surface area contributed by atoms with Crippen LogP contribution in [-0.4, -0.2) is 30.8 Å². The molecule has 0 aliphatic rings. The topological polar surface area (TPSA) is 64.6 Å². The Morgan fingerprint density at radius 1 is 1.22 bits per heavy atom. The number of aryl methyl sites for hydroxylation is 1. The van der Waals surface area contributed by atoms with Crippen LogP contribution < -0.4 is 10.1 Å². The maximum Gasteiger partial charge on any atom is 0.387 e. The molecule has 0 aromatic heterocycles. The highest BCUT2D eigenvalue weighted by molar-refractivity contribution is 9.10. The van der Waals surface area contributed by atoms with Crippen LogP contribution in [0.4, 0.5) is 14.5 Å². The monoisotopic (exact) mass is 459 g/mol. The third-order valence-electron chi connectivity index (χ3n) is 3.22. The molecule has 1 N–H and O–H groups in total. The second-order valence-electron chi connectivity index (χ2n) is 5.28. The molecule has 0 radical (unpaired) electrons. The lowest BCUT2D eigenvalue weighted by Crippen LogP contribution is -2.22. The van der Waals surface area contributed by atoms with Crippen LogP contribution in [0.25, 0.3) is 0 Å². The van der Waals surface area contributed by atoms with E-state index < -0.39 is 25.1 Å². The van der Waals surface area contributed by atoms with Gasteiger partial charge in [0, 0.05) is 9.37 Å². The molecule has 0 heterocycles. The summed E-state index contributed by atoms with van der Waals surface area (Å²) in [6.45, 7) is -1.62. The summed E-state index contributed by atoms with van der Waals surface area (Å²) in [4.78, 5) is 24.6. The molecule has 1 amide bonds. The van der Waals surface area contributed by atoms with E-state index >= 15 is 0 Å². The lowest BCUT2D eigenvalue weighted by atomic mass is 10.2. The minimum Gasteiger partial charge on any atom is -0.455 e. The van der Waals surface area contributed by atoms with Crippen molar-refractivity contribution >= 4 is 45.3 Å². The van der Waals surface area contributed by atoms with Gasteiger partial charge in [-0.25, -0.2) is 0 Å². The number of anilines is 1. The largest absolute Gasteiger partial charge is 0.455 e. The van der Waals surface area contributed by atoms with Crippen LogP contribution in [0.3, 0.4) is 0 Å². The summed E-state index contributed by atoms with van der Waals surface area (Å²) in [5.41, 5.74) is 1.08. The van der Waals surface area contributed by atoms with Crippen molar-refractivity contribution in [2.45, 2.75) is 18.4 Å². The van der Waals surface area contributed by atoms with Gasteiger partial charge < -0.3 is 14.8 Å². The molecule has 2 rings (SSSR count). The molecule has 0 fully saturated rings. The van der Waals surface area contributed by atoms with Crippen molar-refractivity contribution in [2.24, 2.45) is 0 Å². The first kappa shape index (κ1) is 21.2. The molecule has 144 valence electrons. The SMILES string of the molecule is Cc1cc(Br)ccc1SCC(=O)OCC(=O)Nc1ccccc1OC(F)F. The van der Waals surface area contributed by atoms with E-state index in [9.17, 15) is 18.4 Å². The number of thioether (sulfide) groups is 1. The predicted molar refractivity (Wildman–Crippen MR) is 102 cm³/mol. The summed E-state index contributed by atoms with van der Waals surface area (Å²) in [5.74, 6) is -1.34. The molecule has 0 saturated carbocycles. The molecule has 5 nitrogen and oxygen atoms in total. The molecule has 0 aliphatic heterocycles. The molecular weight excluding hydrogens is 444 g/mol. The van der Waals surface area contributed by atoms with Crippen LogP contribution in [0.5, 0.6) is 5.75 Å². The Balaban J connectivity index is 1.81. The number of hydrogen-bond acceptors (Lipinski definition) is 5. The standard InChI is InChI=1S/C18H16BrF2NO4S/c1-11-8-12(19)6-7-15(11)27-10-17(24)25-9-16(23)22-13-4-2-3-5-14(13)26-18(20)21/h2-8,18H,9-10H2,1H3,(H,22,23).